The number of fused-ring (bicyclic) bond motifs is 4. The molecule has 1 aliphatic carbocycles. The lowest BCUT2D eigenvalue weighted by molar-refractivity contribution is -0.178. The van der Waals surface area contributed by atoms with Gasteiger partial charge >= 0.3 is 11.9 Å². The van der Waals surface area contributed by atoms with Gasteiger partial charge in [-0.3, -0.25) is 9.59 Å². The molecule has 0 aromatic carbocycles. The SMILES string of the molecule is C=CC1=C(/C=C\C)C2C(C(=O)O1)C1C(=O)OC(C)=C(/C=C\C)C12. The monoisotopic (exact) mass is 312 g/mol. The number of cyclic esters (lactones) is 2. The van der Waals surface area contributed by atoms with Crippen molar-refractivity contribution in [1.82, 2.24) is 0 Å². The maximum absolute atomic E-state index is 12.4. The van der Waals surface area contributed by atoms with Crippen LogP contribution in [0.5, 0.6) is 0 Å². The lowest BCUT2D eigenvalue weighted by atomic mass is 9.50. The minimum Gasteiger partial charge on any atom is -0.431 e. The number of hydrogen-bond acceptors (Lipinski definition) is 4. The van der Waals surface area contributed by atoms with E-state index in [0.717, 1.165) is 11.1 Å². The van der Waals surface area contributed by atoms with Gasteiger partial charge in [-0.15, -0.1) is 0 Å². The van der Waals surface area contributed by atoms with Gasteiger partial charge in [0.05, 0.1) is 11.8 Å². The van der Waals surface area contributed by atoms with Crippen molar-refractivity contribution in [2.45, 2.75) is 20.8 Å². The lowest BCUT2D eigenvalue weighted by Crippen LogP contribution is -2.59. The van der Waals surface area contributed by atoms with E-state index in [2.05, 4.69) is 6.58 Å². The Kier molecular flexibility index (Phi) is 3.84. The molecule has 1 fully saturated rings. The number of allylic oxidation sites excluding steroid dienone is 8. The van der Waals surface area contributed by atoms with E-state index in [1.165, 1.54) is 0 Å². The molecule has 0 amide bonds. The minimum atomic E-state index is -0.476. The predicted octanol–water partition coefficient (Wildman–Crippen LogP) is 3.44. The normalized spacial score (nSPS) is 33.3. The third-order valence-corrected chi connectivity index (χ3v) is 4.84. The third-order valence-electron chi connectivity index (χ3n) is 4.84. The molecule has 0 aromatic rings. The molecule has 3 rings (SSSR count). The minimum absolute atomic E-state index is 0.0496. The molecule has 4 nitrogen and oxygen atoms in total. The number of carbonyl (C=O) groups excluding carboxylic acids is 2. The highest BCUT2D eigenvalue weighted by Crippen LogP contribution is 2.59. The summed E-state index contributed by atoms with van der Waals surface area (Å²) in [4.78, 5) is 24.6. The van der Waals surface area contributed by atoms with Crippen LogP contribution in [0, 0.1) is 23.7 Å². The van der Waals surface area contributed by atoms with Crippen LogP contribution >= 0.6 is 0 Å². The second-order valence-corrected chi connectivity index (χ2v) is 5.98. The standard InChI is InChI=1S/C19H20O4/c1-5-8-11-10(4)22-18(20)16-14(11)15-12(9-6-2)13(7-3)23-19(21)17(15)16/h5-9,14-17H,3H2,1-2,4H3/b8-5-,9-6-. The summed E-state index contributed by atoms with van der Waals surface area (Å²) in [5.74, 6) is -0.650. The molecule has 0 spiro atoms. The fourth-order valence-corrected chi connectivity index (χ4v) is 3.96. The highest BCUT2D eigenvalue weighted by molar-refractivity contribution is 5.89. The van der Waals surface area contributed by atoms with Crippen LogP contribution in [-0.2, 0) is 19.1 Å². The van der Waals surface area contributed by atoms with Gasteiger partial charge in [0.1, 0.15) is 11.5 Å². The summed E-state index contributed by atoms with van der Waals surface area (Å²) < 4.78 is 10.7. The van der Waals surface area contributed by atoms with Crippen LogP contribution in [0.2, 0.25) is 0 Å². The van der Waals surface area contributed by atoms with Crippen molar-refractivity contribution < 1.29 is 19.1 Å². The van der Waals surface area contributed by atoms with Crippen molar-refractivity contribution in [3.05, 3.63) is 59.6 Å². The molecule has 0 radical (unpaired) electrons. The smallest absolute Gasteiger partial charge is 0.315 e. The van der Waals surface area contributed by atoms with Gasteiger partial charge in [0.25, 0.3) is 0 Å². The van der Waals surface area contributed by atoms with E-state index >= 15 is 0 Å². The van der Waals surface area contributed by atoms with Crippen LogP contribution in [0.15, 0.2) is 59.6 Å². The van der Waals surface area contributed by atoms with Crippen molar-refractivity contribution in [1.29, 1.82) is 0 Å². The van der Waals surface area contributed by atoms with Crippen molar-refractivity contribution in [3.63, 3.8) is 0 Å². The highest BCUT2D eigenvalue weighted by Gasteiger charge is 2.64. The van der Waals surface area contributed by atoms with Crippen molar-refractivity contribution in [3.8, 4) is 0 Å². The number of esters is 2. The third kappa shape index (κ3) is 2.12. The Hall–Kier alpha value is -2.36. The molecule has 0 bridgehead atoms. The molecule has 0 aromatic heterocycles. The predicted molar refractivity (Wildman–Crippen MR) is 85.7 cm³/mol. The largest absolute Gasteiger partial charge is 0.431 e. The second kappa shape index (κ2) is 5.69. The van der Waals surface area contributed by atoms with E-state index in [1.807, 2.05) is 38.2 Å². The molecule has 2 aliphatic heterocycles. The first-order valence-electron chi connectivity index (χ1n) is 7.81. The van der Waals surface area contributed by atoms with E-state index < -0.39 is 11.8 Å². The Bertz CT molecular complexity index is 705. The summed E-state index contributed by atoms with van der Waals surface area (Å²) >= 11 is 0. The Balaban J connectivity index is 2.15. The van der Waals surface area contributed by atoms with Gasteiger partial charge in [-0.05, 0) is 38.0 Å². The van der Waals surface area contributed by atoms with Crippen LogP contribution in [0.25, 0.3) is 0 Å². The van der Waals surface area contributed by atoms with Gasteiger partial charge in [0, 0.05) is 11.8 Å². The van der Waals surface area contributed by atoms with Crippen LogP contribution in [0.1, 0.15) is 20.8 Å². The average Bonchev–Trinajstić information content (AvgIpc) is 2.48. The van der Waals surface area contributed by atoms with Gasteiger partial charge in [-0.1, -0.05) is 30.9 Å². The molecular weight excluding hydrogens is 292 g/mol. The lowest BCUT2D eigenvalue weighted by Gasteiger charge is -2.54. The van der Waals surface area contributed by atoms with Gasteiger partial charge in [0.15, 0.2) is 0 Å². The van der Waals surface area contributed by atoms with Crippen LogP contribution < -0.4 is 0 Å². The van der Waals surface area contributed by atoms with Crippen LogP contribution in [-0.4, -0.2) is 11.9 Å². The van der Waals surface area contributed by atoms with E-state index in [1.54, 1.807) is 13.0 Å². The molecule has 1 saturated carbocycles. The molecule has 4 unspecified atom stereocenters. The molecule has 0 N–H and O–H groups in total. The van der Waals surface area contributed by atoms with E-state index in [0.29, 0.717) is 11.5 Å². The quantitative estimate of drug-likeness (QED) is 0.749. The Morgan fingerprint density at radius 2 is 1.39 bits per heavy atom. The summed E-state index contributed by atoms with van der Waals surface area (Å²) in [6.07, 6.45) is 9.31. The Morgan fingerprint density at radius 3 is 1.96 bits per heavy atom. The molecule has 2 heterocycles. The number of ether oxygens (including phenoxy) is 2. The molecule has 120 valence electrons. The highest BCUT2D eigenvalue weighted by atomic mass is 16.5. The fraction of sp³-hybridized carbons (Fsp3) is 0.368. The molecule has 3 aliphatic rings. The summed E-state index contributed by atoms with van der Waals surface area (Å²) in [5.41, 5.74) is 1.91. The zero-order valence-corrected chi connectivity index (χ0v) is 13.5. The summed E-state index contributed by atoms with van der Waals surface area (Å²) in [6.45, 7) is 9.38. The summed E-state index contributed by atoms with van der Waals surface area (Å²) in [7, 11) is 0. The van der Waals surface area contributed by atoms with Crippen LogP contribution in [0.3, 0.4) is 0 Å². The molecule has 4 atom stereocenters. The molecule has 4 heteroatoms. The fourth-order valence-electron chi connectivity index (χ4n) is 3.96. The zero-order valence-electron chi connectivity index (χ0n) is 13.5. The number of carbonyl (C=O) groups is 2. The summed E-state index contributed by atoms with van der Waals surface area (Å²) in [5, 5.41) is 0. The maximum atomic E-state index is 12.4. The number of hydrogen-bond donors (Lipinski definition) is 0. The first-order valence-corrected chi connectivity index (χ1v) is 7.81. The Morgan fingerprint density at radius 1 is 0.870 bits per heavy atom. The van der Waals surface area contributed by atoms with Crippen molar-refractivity contribution >= 4 is 11.9 Å². The topological polar surface area (TPSA) is 52.6 Å². The van der Waals surface area contributed by atoms with Gasteiger partial charge in [-0.25, -0.2) is 0 Å². The Labute approximate surface area is 135 Å². The van der Waals surface area contributed by atoms with Crippen molar-refractivity contribution in [2.75, 3.05) is 0 Å². The van der Waals surface area contributed by atoms with Crippen LogP contribution in [0.4, 0.5) is 0 Å². The average molecular weight is 312 g/mol. The van der Waals surface area contributed by atoms with E-state index in [4.69, 9.17) is 9.47 Å². The first-order chi connectivity index (χ1) is 11.0. The zero-order chi connectivity index (χ0) is 16.7. The van der Waals surface area contributed by atoms with E-state index in [-0.39, 0.29) is 23.8 Å². The van der Waals surface area contributed by atoms with E-state index in [9.17, 15) is 9.59 Å². The summed E-state index contributed by atoms with van der Waals surface area (Å²) in [6, 6.07) is 0. The van der Waals surface area contributed by atoms with Gasteiger partial charge in [-0.2, -0.15) is 0 Å². The second-order valence-electron chi connectivity index (χ2n) is 5.98. The molecule has 23 heavy (non-hydrogen) atoms. The molecule has 0 saturated heterocycles. The van der Waals surface area contributed by atoms with Crippen molar-refractivity contribution in [2.24, 2.45) is 23.7 Å². The molecular formula is C19H20O4. The number of rotatable bonds is 3. The maximum Gasteiger partial charge on any atom is 0.315 e. The van der Waals surface area contributed by atoms with Gasteiger partial charge < -0.3 is 9.47 Å². The van der Waals surface area contributed by atoms with Gasteiger partial charge in [0.2, 0.25) is 0 Å². The first kappa shape index (κ1) is 15.5.